The molecule has 0 bridgehead atoms. The number of phenols is 1. The van der Waals surface area contributed by atoms with Gasteiger partial charge >= 0.3 is 0 Å². The Morgan fingerprint density at radius 3 is 2.46 bits per heavy atom. The van der Waals surface area contributed by atoms with E-state index in [1.807, 2.05) is 36.4 Å². The Kier molecular flexibility index (Phi) is 7.13. The molecule has 1 aromatic heterocycles. The van der Waals surface area contributed by atoms with Gasteiger partial charge in [0, 0.05) is 30.6 Å². The molecule has 3 aromatic carbocycles. The highest BCUT2D eigenvalue weighted by atomic mass is 16.5. The van der Waals surface area contributed by atoms with Gasteiger partial charge in [0.1, 0.15) is 11.6 Å². The van der Waals surface area contributed by atoms with E-state index in [1.54, 1.807) is 6.07 Å². The summed E-state index contributed by atoms with van der Waals surface area (Å²) in [6, 6.07) is 24.1. The lowest BCUT2D eigenvalue weighted by Gasteiger charge is -2.48. The van der Waals surface area contributed by atoms with Gasteiger partial charge in [-0.15, -0.1) is 0 Å². The van der Waals surface area contributed by atoms with E-state index in [1.165, 1.54) is 5.56 Å². The van der Waals surface area contributed by atoms with Crippen molar-refractivity contribution in [3.8, 4) is 17.1 Å². The van der Waals surface area contributed by atoms with Crippen LogP contribution < -0.4 is 4.90 Å². The van der Waals surface area contributed by atoms with Crippen LogP contribution in [-0.2, 0) is 11.3 Å². The van der Waals surface area contributed by atoms with Gasteiger partial charge in [0.15, 0.2) is 5.82 Å². The molecule has 1 fully saturated rings. The molecule has 0 spiro atoms. The number of ether oxygens (including phenoxy) is 1. The third-order valence-corrected chi connectivity index (χ3v) is 7.04. The SMILES string of the molecule is Cc1ccc2c(N3CCN(C(C)(C)C)[C@@H](COCc4ccccc4)C3)nc(-c3ccccc3O)nc2c1. The van der Waals surface area contributed by atoms with Gasteiger partial charge in [-0.25, -0.2) is 9.97 Å². The number of piperazine rings is 1. The second-order valence-corrected chi connectivity index (χ2v) is 10.9. The molecule has 6 heteroatoms. The minimum Gasteiger partial charge on any atom is -0.507 e. The van der Waals surface area contributed by atoms with Crippen molar-refractivity contribution < 1.29 is 9.84 Å². The first-order valence-electron chi connectivity index (χ1n) is 13.0. The molecule has 5 rings (SSSR count). The minimum atomic E-state index is 0.0265. The molecule has 2 heterocycles. The van der Waals surface area contributed by atoms with Crippen LogP contribution in [0.3, 0.4) is 0 Å². The number of phenolic OH excluding ortho intramolecular Hbond substituents is 1. The number of para-hydroxylation sites is 1. The van der Waals surface area contributed by atoms with Crippen molar-refractivity contribution in [2.24, 2.45) is 0 Å². The number of anilines is 1. The maximum atomic E-state index is 10.5. The summed E-state index contributed by atoms with van der Waals surface area (Å²) < 4.78 is 6.25. The van der Waals surface area contributed by atoms with E-state index in [0.717, 1.165) is 41.9 Å². The van der Waals surface area contributed by atoms with E-state index in [4.69, 9.17) is 14.7 Å². The summed E-state index contributed by atoms with van der Waals surface area (Å²) in [5.41, 5.74) is 3.88. The fourth-order valence-corrected chi connectivity index (χ4v) is 5.21. The monoisotopic (exact) mass is 496 g/mol. The van der Waals surface area contributed by atoms with E-state index in [0.29, 0.717) is 24.6 Å². The highest BCUT2D eigenvalue weighted by Crippen LogP contribution is 2.33. The van der Waals surface area contributed by atoms with Crippen molar-refractivity contribution in [1.82, 2.24) is 14.9 Å². The Morgan fingerprint density at radius 2 is 1.70 bits per heavy atom. The van der Waals surface area contributed by atoms with Crippen LogP contribution in [0.2, 0.25) is 0 Å². The summed E-state index contributed by atoms with van der Waals surface area (Å²) in [6.07, 6.45) is 0. The second-order valence-electron chi connectivity index (χ2n) is 10.9. The summed E-state index contributed by atoms with van der Waals surface area (Å²) in [5, 5.41) is 11.6. The molecule has 0 unspecified atom stereocenters. The van der Waals surface area contributed by atoms with E-state index < -0.39 is 0 Å². The smallest absolute Gasteiger partial charge is 0.165 e. The second kappa shape index (κ2) is 10.5. The Hall–Kier alpha value is -3.48. The Bertz CT molecular complexity index is 1370. The molecule has 4 aromatic rings. The number of aromatic nitrogens is 2. The summed E-state index contributed by atoms with van der Waals surface area (Å²) in [5.74, 6) is 1.64. The van der Waals surface area contributed by atoms with Crippen molar-refractivity contribution in [1.29, 1.82) is 0 Å². The minimum absolute atomic E-state index is 0.0265. The van der Waals surface area contributed by atoms with Gasteiger partial charge in [-0.1, -0.05) is 48.5 Å². The third-order valence-electron chi connectivity index (χ3n) is 7.04. The molecule has 1 atom stereocenters. The highest BCUT2D eigenvalue weighted by Gasteiger charge is 2.35. The summed E-state index contributed by atoms with van der Waals surface area (Å²) in [6.45, 7) is 12.7. The number of rotatable bonds is 6. The van der Waals surface area contributed by atoms with Crippen LogP contribution in [0.25, 0.3) is 22.3 Å². The first kappa shape index (κ1) is 25.2. The molecule has 0 saturated carbocycles. The summed E-state index contributed by atoms with van der Waals surface area (Å²) in [7, 11) is 0. The van der Waals surface area contributed by atoms with Crippen LogP contribution in [0.15, 0.2) is 72.8 Å². The number of fused-ring (bicyclic) bond motifs is 1. The highest BCUT2D eigenvalue weighted by molar-refractivity contribution is 5.92. The zero-order valence-corrected chi connectivity index (χ0v) is 22.2. The molecular formula is C31H36N4O2. The average molecular weight is 497 g/mol. The number of aryl methyl sites for hydroxylation is 1. The van der Waals surface area contributed by atoms with Crippen molar-refractivity contribution >= 4 is 16.7 Å². The first-order valence-corrected chi connectivity index (χ1v) is 13.0. The van der Waals surface area contributed by atoms with Gasteiger partial charge in [0.05, 0.1) is 30.3 Å². The molecule has 37 heavy (non-hydrogen) atoms. The topological polar surface area (TPSA) is 61.7 Å². The summed E-state index contributed by atoms with van der Waals surface area (Å²) in [4.78, 5) is 14.8. The largest absolute Gasteiger partial charge is 0.507 e. The fourth-order valence-electron chi connectivity index (χ4n) is 5.21. The molecule has 1 N–H and O–H groups in total. The van der Waals surface area contributed by atoms with Gasteiger partial charge in [-0.05, 0) is 63.1 Å². The predicted octanol–water partition coefficient (Wildman–Crippen LogP) is 5.82. The van der Waals surface area contributed by atoms with E-state index in [2.05, 4.69) is 67.8 Å². The quantitative estimate of drug-likeness (QED) is 0.363. The maximum absolute atomic E-state index is 10.5. The predicted molar refractivity (Wildman–Crippen MR) is 150 cm³/mol. The average Bonchev–Trinajstić information content (AvgIpc) is 2.88. The number of hydrogen-bond acceptors (Lipinski definition) is 6. The Balaban J connectivity index is 1.47. The lowest BCUT2D eigenvalue weighted by atomic mass is 10.00. The van der Waals surface area contributed by atoms with Crippen molar-refractivity contribution in [2.45, 2.75) is 45.9 Å². The zero-order valence-electron chi connectivity index (χ0n) is 22.2. The molecular weight excluding hydrogens is 460 g/mol. The van der Waals surface area contributed by atoms with Crippen LogP contribution in [0.1, 0.15) is 31.9 Å². The van der Waals surface area contributed by atoms with Crippen molar-refractivity contribution in [2.75, 3.05) is 31.1 Å². The molecule has 1 saturated heterocycles. The normalized spacial score (nSPS) is 16.9. The standard InChI is InChI=1S/C31H36N4O2/c1-22-14-15-25-27(18-22)32-29(26-12-8-9-13-28(26)36)33-30(25)34-16-17-35(31(2,3)4)24(19-34)21-37-20-23-10-6-5-7-11-23/h5-15,18,24,36H,16-17,19-21H2,1-4H3/t24-/m1/s1. The lowest BCUT2D eigenvalue weighted by molar-refractivity contribution is 0.00258. The van der Waals surface area contributed by atoms with Gasteiger partial charge in [-0.3, -0.25) is 4.90 Å². The number of hydrogen-bond donors (Lipinski definition) is 1. The van der Waals surface area contributed by atoms with Crippen LogP contribution in [0, 0.1) is 6.92 Å². The van der Waals surface area contributed by atoms with Crippen LogP contribution in [-0.4, -0.2) is 57.8 Å². The zero-order chi connectivity index (χ0) is 26.0. The van der Waals surface area contributed by atoms with Crippen LogP contribution in [0.5, 0.6) is 5.75 Å². The Morgan fingerprint density at radius 1 is 0.946 bits per heavy atom. The van der Waals surface area contributed by atoms with Gasteiger partial charge < -0.3 is 14.7 Å². The molecule has 1 aliphatic rings. The van der Waals surface area contributed by atoms with Crippen molar-refractivity contribution in [3.05, 3.63) is 83.9 Å². The third kappa shape index (κ3) is 5.60. The van der Waals surface area contributed by atoms with E-state index in [-0.39, 0.29) is 17.3 Å². The van der Waals surface area contributed by atoms with Gasteiger partial charge in [0.25, 0.3) is 0 Å². The molecule has 6 nitrogen and oxygen atoms in total. The maximum Gasteiger partial charge on any atom is 0.165 e. The van der Waals surface area contributed by atoms with Crippen molar-refractivity contribution in [3.63, 3.8) is 0 Å². The van der Waals surface area contributed by atoms with E-state index >= 15 is 0 Å². The van der Waals surface area contributed by atoms with Crippen LogP contribution in [0.4, 0.5) is 5.82 Å². The molecule has 0 amide bonds. The summed E-state index contributed by atoms with van der Waals surface area (Å²) >= 11 is 0. The molecule has 0 radical (unpaired) electrons. The lowest BCUT2D eigenvalue weighted by Crippen LogP contribution is -2.61. The van der Waals surface area contributed by atoms with Crippen LogP contribution >= 0.6 is 0 Å². The first-order chi connectivity index (χ1) is 17.8. The number of nitrogens with zero attached hydrogens (tertiary/aromatic N) is 4. The molecule has 0 aliphatic carbocycles. The van der Waals surface area contributed by atoms with Gasteiger partial charge in [0.2, 0.25) is 0 Å². The van der Waals surface area contributed by atoms with Gasteiger partial charge in [-0.2, -0.15) is 0 Å². The molecule has 192 valence electrons. The fraction of sp³-hybridized carbons (Fsp3) is 0.355. The van der Waals surface area contributed by atoms with E-state index in [9.17, 15) is 5.11 Å². The Labute approximate surface area is 219 Å². The molecule has 1 aliphatic heterocycles. The number of aromatic hydroxyl groups is 1. The number of benzene rings is 3.